The Morgan fingerprint density at radius 3 is 2.60 bits per heavy atom. The summed E-state index contributed by atoms with van der Waals surface area (Å²) in [6, 6.07) is 1.97. The number of aromatic amines is 1. The molecule has 0 aliphatic carbocycles. The Bertz CT molecular complexity index is 1070. The normalized spacial score (nSPS) is 13.1. The minimum atomic E-state index is -1.81. The fraction of sp³-hybridized carbons (Fsp3) is 0.450. The van der Waals surface area contributed by atoms with Crippen LogP contribution in [0.5, 0.6) is 0 Å². The van der Waals surface area contributed by atoms with E-state index in [2.05, 4.69) is 63.8 Å². The zero-order chi connectivity index (χ0) is 21.9. The Labute approximate surface area is 186 Å². The van der Waals surface area contributed by atoms with Crippen molar-refractivity contribution >= 4 is 37.2 Å². The molecule has 0 saturated carbocycles. The lowest BCUT2D eigenvalue weighted by Gasteiger charge is -2.35. The molecule has 0 saturated heterocycles. The number of thioether (sulfide) groups is 1. The molecule has 0 aromatic carbocycles. The fourth-order valence-corrected chi connectivity index (χ4v) is 4.44. The van der Waals surface area contributed by atoms with Gasteiger partial charge in [-0.05, 0) is 37.4 Å². The van der Waals surface area contributed by atoms with Crippen LogP contribution in [0.4, 0.5) is 5.82 Å². The molecule has 7 nitrogen and oxygen atoms in total. The number of aromatic nitrogens is 5. The van der Waals surface area contributed by atoms with Crippen LogP contribution in [-0.2, 0) is 11.0 Å². The summed E-state index contributed by atoms with van der Waals surface area (Å²) >= 11 is 3.05. The van der Waals surface area contributed by atoms with Crippen molar-refractivity contribution in [1.29, 1.82) is 0 Å². The van der Waals surface area contributed by atoms with E-state index in [1.807, 2.05) is 25.4 Å². The maximum atomic E-state index is 6.21. The molecule has 0 aliphatic heterocycles. The summed E-state index contributed by atoms with van der Waals surface area (Å²) in [5.41, 5.74) is 2.65. The standard InChI is InChI=1S/C20H28N6OS2Si/c1-13-8-15(25-19(24-13)28-5)16-10-23-18(29-16)26-17-11-21-14(9-22-17)12-27-30(6,7)20(2,3)4/h8-11H,12H2,1-7H3,(H,22,23,26). The lowest BCUT2D eigenvalue weighted by atomic mass is 10.2. The van der Waals surface area contributed by atoms with Gasteiger partial charge in [-0.2, -0.15) is 4.99 Å². The summed E-state index contributed by atoms with van der Waals surface area (Å²) in [6.07, 6.45) is 7.29. The van der Waals surface area contributed by atoms with Crippen molar-refractivity contribution in [1.82, 2.24) is 24.9 Å². The van der Waals surface area contributed by atoms with Crippen LogP contribution >= 0.6 is 23.1 Å². The highest BCUT2D eigenvalue weighted by molar-refractivity contribution is 7.98. The summed E-state index contributed by atoms with van der Waals surface area (Å²) in [4.78, 5) is 27.3. The second-order valence-electron chi connectivity index (χ2n) is 8.47. The average molecular weight is 461 g/mol. The summed E-state index contributed by atoms with van der Waals surface area (Å²) in [5, 5.41) is 0.930. The molecule has 3 aromatic heterocycles. The molecule has 0 spiro atoms. The molecule has 30 heavy (non-hydrogen) atoms. The highest BCUT2D eigenvalue weighted by Gasteiger charge is 2.37. The van der Waals surface area contributed by atoms with Gasteiger partial charge in [-0.15, -0.1) is 0 Å². The summed E-state index contributed by atoms with van der Waals surface area (Å²) in [5.74, 6) is 0.555. The Balaban J connectivity index is 1.73. The van der Waals surface area contributed by atoms with E-state index in [4.69, 9.17) is 4.43 Å². The van der Waals surface area contributed by atoms with Crippen LogP contribution in [0.15, 0.2) is 34.8 Å². The van der Waals surface area contributed by atoms with Gasteiger partial charge in [-0.3, -0.25) is 4.98 Å². The second kappa shape index (κ2) is 9.09. The average Bonchev–Trinajstić information content (AvgIpc) is 3.14. The zero-order valence-electron chi connectivity index (χ0n) is 18.5. The maximum absolute atomic E-state index is 6.21. The van der Waals surface area contributed by atoms with Gasteiger partial charge in [0.2, 0.25) is 0 Å². The van der Waals surface area contributed by atoms with E-state index >= 15 is 0 Å². The third kappa shape index (κ3) is 5.63. The van der Waals surface area contributed by atoms with E-state index < -0.39 is 8.32 Å². The first kappa shape index (κ1) is 22.8. The fourth-order valence-electron chi connectivity index (χ4n) is 2.29. The molecular weight excluding hydrogens is 432 g/mol. The first-order valence-electron chi connectivity index (χ1n) is 9.65. The Morgan fingerprint density at radius 1 is 1.20 bits per heavy atom. The molecular formula is C20H28N6OS2Si. The topological polar surface area (TPSA) is 88.9 Å². The van der Waals surface area contributed by atoms with Crippen LogP contribution in [-0.4, -0.2) is 39.5 Å². The third-order valence-corrected chi connectivity index (χ3v) is 11.1. The molecule has 0 bridgehead atoms. The monoisotopic (exact) mass is 460 g/mol. The summed E-state index contributed by atoms with van der Waals surface area (Å²) in [6.45, 7) is 13.6. The van der Waals surface area contributed by atoms with Gasteiger partial charge in [0.1, 0.15) is 0 Å². The van der Waals surface area contributed by atoms with Gasteiger partial charge in [-0.1, -0.05) is 43.9 Å². The van der Waals surface area contributed by atoms with Crippen molar-refractivity contribution in [3.8, 4) is 10.6 Å². The number of hydrogen-bond donors (Lipinski definition) is 1. The van der Waals surface area contributed by atoms with E-state index in [1.165, 1.54) is 23.1 Å². The Kier molecular flexibility index (Phi) is 6.90. The quantitative estimate of drug-likeness (QED) is 0.312. The van der Waals surface area contributed by atoms with E-state index in [1.54, 1.807) is 12.4 Å². The van der Waals surface area contributed by atoms with Crippen LogP contribution in [0.2, 0.25) is 18.1 Å². The molecule has 0 unspecified atom stereocenters. The molecule has 3 rings (SSSR count). The minimum Gasteiger partial charge on any atom is -0.411 e. The number of nitrogens with one attached hydrogen (secondary N) is 1. The highest BCUT2D eigenvalue weighted by atomic mass is 32.2. The Hall–Kier alpha value is -1.88. The van der Waals surface area contributed by atoms with E-state index in [0.717, 1.165) is 31.9 Å². The zero-order valence-corrected chi connectivity index (χ0v) is 21.1. The van der Waals surface area contributed by atoms with Gasteiger partial charge in [0, 0.05) is 11.9 Å². The number of thiazole rings is 1. The number of H-pyrrole nitrogens is 1. The molecule has 10 heteroatoms. The van der Waals surface area contributed by atoms with Gasteiger partial charge >= 0.3 is 0 Å². The van der Waals surface area contributed by atoms with Gasteiger partial charge in [-0.25, -0.2) is 15.0 Å². The molecule has 0 aliphatic rings. The molecule has 3 aromatic rings. The van der Waals surface area contributed by atoms with E-state index in [-0.39, 0.29) is 5.04 Å². The highest BCUT2D eigenvalue weighted by Crippen LogP contribution is 2.36. The van der Waals surface area contributed by atoms with Gasteiger partial charge < -0.3 is 9.41 Å². The molecule has 0 radical (unpaired) electrons. The largest absolute Gasteiger partial charge is 0.411 e. The van der Waals surface area contributed by atoms with Crippen molar-refractivity contribution in [3.63, 3.8) is 0 Å². The molecule has 1 N–H and O–H groups in total. The van der Waals surface area contributed by atoms with Crippen molar-refractivity contribution in [3.05, 3.63) is 40.8 Å². The predicted molar refractivity (Wildman–Crippen MR) is 125 cm³/mol. The number of nitrogens with zero attached hydrogens (tertiary/aromatic N) is 5. The van der Waals surface area contributed by atoms with Crippen LogP contribution in [0.25, 0.3) is 10.6 Å². The molecule has 160 valence electrons. The lowest BCUT2D eigenvalue weighted by Crippen LogP contribution is -2.40. The van der Waals surface area contributed by atoms with Gasteiger partial charge in [0.25, 0.3) is 0 Å². The van der Waals surface area contributed by atoms with Crippen molar-refractivity contribution in [2.24, 2.45) is 4.99 Å². The SMILES string of the molecule is CSc1nc(C)cc(-c2c[nH]/c(=N/c3cnc(CO[Si](C)(C)C(C)(C)C)cn3)s2)n1. The van der Waals surface area contributed by atoms with Crippen LogP contribution in [0.3, 0.4) is 0 Å². The van der Waals surface area contributed by atoms with Crippen LogP contribution < -0.4 is 4.80 Å². The minimum absolute atomic E-state index is 0.168. The summed E-state index contributed by atoms with van der Waals surface area (Å²) in [7, 11) is -1.81. The first-order valence-corrected chi connectivity index (χ1v) is 14.6. The predicted octanol–water partition coefficient (Wildman–Crippen LogP) is 5.11. The van der Waals surface area contributed by atoms with E-state index in [0.29, 0.717) is 12.4 Å². The first-order chi connectivity index (χ1) is 14.1. The Morgan fingerprint density at radius 2 is 1.97 bits per heavy atom. The number of aryl methyl sites for hydroxylation is 1. The maximum Gasteiger partial charge on any atom is 0.192 e. The van der Waals surface area contributed by atoms with Crippen molar-refractivity contribution in [2.45, 2.75) is 57.6 Å². The summed E-state index contributed by atoms with van der Waals surface area (Å²) < 4.78 is 6.21. The number of rotatable bonds is 6. The van der Waals surface area contributed by atoms with Crippen molar-refractivity contribution in [2.75, 3.05) is 6.26 Å². The number of hydrogen-bond acceptors (Lipinski definition) is 8. The second-order valence-corrected chi connectivity index (χ2v) is 15.1. The molecule has 3 heterocycles. The van der Waals surface area contributed by atoms with Gasteiger partial charge in [0.15, 0.2) is 24.1 Å². The van der Waals surface area contributed by atoms with E-state index in [9.17, 15) is 0 Å². The molecule has 0 atom stereocenters. The molecule has 0 amide bonds. The lowest BCUT2D eigenvalue weighted by molar-refractivity contribution is 0.271. The smallest absolute Gasteiger partial charge is 0.192 e. The molecule has 0 fully saturated rings. The van der Waals surface area contributed by atoms with Crippen LogP contribution in [0, 0.1) is 6.92 Å². The van der Waals surface area contributed by atoms with Gasteiger partial charge in [0.05, 0.1) is 35.3 Å². The third-order valence-electron chi connectivity index (χ3n) is 5.10. The van der Waals surface area contributed by atoms with Crippen molar-refractivity contribution < 1.29 is 4.43 Å². The van der Waals surface area contributed by atoms with Crippen LogP contribution in [0.1, 0.15) is 32.2 Å².